The lowest BCUT2D eigenvalue weighted by molar-refractivity contribution is -0.140. The Morgan fingerprint density at radius 3 is 2.52 bits per heavy atom. The minimum atomic E-state index is -1.07. The van der Waals surface area contributed by atoms with Crippen molar-refractivity contribution in [2.45, 2.75) is 33.6 Å². The highest BCUT2D eigenvalue weighted by molar-refractivity contribution is 7.09. The number of thiazole rings is 1. The number of nitrogens with one attached hydrogen (secondary N) is 1. The number of dihydropyridines is 1. The van der Waals surface area contributed by atoms with Gasteiger partial charge in [-0.1, -0.05) is 13.8 Å². The molecule has 2 rings (SSSR count). The SMILES string of the molecule is CC1=C(C(=O)O)C(c2nccs2)C(C(=O)OCC(C)C)=C(C)N1. The van der Waals surface area contributed by atoms with E-state index in [1.54, 1.807) is 25.4 Å². The highest BCUT2D eigenvalue weighted by atomic mass is 32.1. The average Bonchev–Trinajstić information content (AvgIpc) is 2.97. The predicted octanol–water partition coefficient (Wildman–Crippen LogP) is 2.66. The van der Waals surface area contributed by atoms with Crippen LogP contribution in [-0.4, -0.2) is 28.6 Å². The van der Waals surface area contributed by atoms with Gasteiger partial charge < -0.3 is 15.2 Å². The van der Waals surface area contributed by atoms with Crippen molar-refractivity contribution < 1.29 is 19.4 Å². The fraction of sp³-hybridized carbons (Fsp3) is 0.438. The smallest absolute Gasteiger partial charge is 0.336 e. The second kappa shape index (κ2) is 6.95. The van der Waals surface area contributed by atoms with E-state index in [1.807, 2.05) is 13.8 Å². The highest BCUT2D eigenvalue weighted by Crippen LogP contribution is 2.39. The normalized spacial score (nSPS) is 18.2. The quantitative estimate of drug-likeness (QED) is 0.804. The van der Waals surface area contributed by atoms with Gasteiger partial charge in [0.2, 0.25) is 0 Å². The molecule has 0 saturated heterocycles. The van der Waals surface area contributed by atoms with E-state index in [0.29, 0.717) is 22.0 Å². The summed E-state index contributed by atoms with van der Waals surface area (Å²) in [6.07, 6.45) is 1.60. The van der Waals surface area contributed by atoms with Crippen LogP contribution in [-0.2, 0) is 14.3 Å². The molecule has 1 aromatic rings. The molecular weight excluding hydrogens is 316 g/mol. The Labute approximate surface area is 138 Å². The second-order valence-electron chi connectivity index (χ2n) is 5.80. The molecule has 0 spiro atoms. The molecular formula is C16H20N2O4S. The third-order valence-corrected chi connectivity index (χ3v) is 4.30. The third kappa shape index (κ3) is 3.61. The molecule has 0 fully saturated rings. The van der Waals surface area contributed by atoms with Crippen molar-refractivity contribution in [1.82, 2.24) is 10.3 Å². The van der Waals surface area contributed by atoms with Crippen molar-refractivity contribution >= 4 is 23.3 Å². The van der Waals surface area contributed by atoms with E-state index in [1.165, 1.54) is 11.3 Å². The number of esters is 1. The fourth-order valence-corrected chi connectivity index (χ4v) is 3.25. The third-order valence-electron chi connectivity index (χ3n) is 3.46. The minimum Gasteiger partial charge on any atom is -0.478 e. The summed E-state index contributed by atoms with van der Waals surface area (Å²) in [5, 5.41) is 14.9. The fourth-order valence-electron chi connectivity index (χ4n) is 2.49. The molecule has 1 unspecified atom stereocenters. The van der Waals surface area contributed by atoms with Crippen LogP contribution >= 0.6 is 11.3 Å². The van der Waals surface area contributed by atoms with E-state index in [4.69, 9.17) is 4.74 Å². The van der Waals surface area contributed by atoms with E-state index in [-0.39, 0.29) is 18.1 Å². The number of rotatable bonds is 5. The Hall–Kier alpha value is -2.15. The van der Waals surface area contributed by atoms with Crippen LogP contribution in [0, 0.1) is 5.92 Å². The number of ether oxygens (including phenoxy) is 1. The molecule has 124 valence electrons. The number of hydrogen-bond donors (Lipinski definition) is 2. The van der Waals surface area contributed by atoms with Crippen LogP contribution in [0.15, 0.2) is 34.1 Å². The Morgan fingerprint density at radius 1 is 1.35 bits per heavy atom. The number of carbonyl (C=O) groups is 2. The van der Waals surface area contributed by atoms with Crippen LogP contribution < -0.4 is 5.32 Å². The van der Waals surface area contributed by atoms with E-state index in [9.17, 15) is 14.7 Å². The van der Waals surface area contributed by atoms with Crippen LogP contribution in [0.2, 0.25) is 0 Å². The maximum absolute atomic E-state index is 12.5. The van der Waals surface area contributed by atoms with Gasteiger partial charge >= 0.3 is 11.9 Å². The first-order chi connectivity index (χ1) is 10.8. The molecule has 0 amide bonds. The van der Waals surface area contributed by atoms with Crippen molar-refractivity contribution in [3.63, 3.8) is 0 Å². The van der Waals surface area contributed by atoms with Gasteiger partial charge in [0.25, 0.3) is 0 Å². The van der Waals surface area contributed by atoms with Crippen molar-refractivity contribution in [3.8, 4) is 0 Å². The number of carboxylic acid groups (broad SMARTS) is 1. The monoisotopic (exact) mass is 336 g/mol. The molecule has 2 heterocycles. The molecule has 1 aliphatic rings. The molecule has 2 N–H and O–H groups in total. The molecule has 0 saturated carbocycles. The van der Waals surface area contributed by atoms with E-state index in [2.05, 4.69) is 10.3 Å². The maximum atomic E-state index is 12.5. The van der Waals surface area contributed by atoms with Crippen LogP contribution in [0.1, 0.15) is 38.6 Å². The van der Waals surface area contributed by atoms with Crippen molar-refractivity contribution in [2.75, 3.05) is 6.61 Å². The van der Waals surface area contributed by atoms with Gasteiger partial charge in [0.1, 0.15) is 5.01 Å². The Morgan fingerprint density at radius 2 is 2.00 bits per heavy atom. The Balaban J connectivity index is 2.47. The number of carbonyl (C=O) groups excluding carboxylic acids is 1. The first-order valence-electron chi connectivity index (χ1n) is 7.31. The second-order valence-corrected chi connectivity index (χ2v) is 6.73. The molecule has 0 bridgehead atoms. The van der Waals surface area contributed by atoms with Gasteiger partial charge in [-0.25, -0.2) is 14.6 Å². The maximum Gasteiger partial charge on any atom is 0.336 e. The van der Waals surface area contributed by atoms with Crippen LogP contribution in [0.25, 0.3) is 0 Å². The molecule has 0 aliphatic carbocycles. The predicted molar refractivity (Wildman–Crippen MR) is 86.8 cm³/mol. The number of nitrogens with zero attached hydrogens (tertiary/aromatic N) is 1. The van der Waals surface area contributed by atoms with Crippen LogP contribution in [0.3, 0.4) is 0 Å². The summed E-state index contributed by atoms with van der Waals surface area (Å²) in [5.74, 6) is -2.09. The van der Waals surface area contributed by atoms with Gasteiger partial charge in [-0.2, -0.15) is 0 Å². The Bertz CT molecular complexity index is 674. The first kappa shape index (κ1) is 17.2. The molecule has 0 radical (unpaired) electrons. The molecule has 1 atom stereocenters. The number of aliphatic carboxylic acids is 1. The van der Waals surface area contributed by atoms with Gasteiger partial charge in [-0.05, 0) is 19.8 Å². The lowest BCUT2D eigenvalue weighted by Gasteiger charge is -2.28. The minimum absolute atomic E-state index is 0.127. The van der Waals surface area contributed by atoms with Crippen LogP contribution in [0.4, 0.5) is 0 Å². The lowest BCUT2D eigenvalue weighted by atomic mass is 9.86. The highest BCUT2D eigenvalue weighted by Gasteiger charge is 2.38. The molecule has 1 aliphatic heterocycles. The summed E-state index contributed by atoms with van der Waals surface area (Å²) >= 11 is 1.32. The summed E-state index contributed by atoms with van der Waals surface area (Å²) in [7, 11) is 0. The van der Waals surface area contributed by atoms with Crippen LogP contribution in [0.5, 0.6) is 0 Å². The molecule has 7 heteroatoms. The molecule has 1 aromatic heterocycles. The zero-order valence-electron chi connectivity index (χ0n) is 13.5. The number of allylic oxidation sites excluding steroid dienone is 2. The zero-order valence-corrected chi connectivity index (χ0v) is 14.4. The number of aromatic nitrogens is 1. The van der Waals surface area contributed by atoms with Gasteiger partial charge in [-0.15, -0.1) is 11.3 Å². The van der Waals surface area contributed by atoms with E-state index >= 15 is 0 Å². The molecule has 6 nitrogen and oxygen atoms in total. The average molecular weight is 336 g/mol. The zero-order chi connectivity index (χ0) is 17.1. The first-order valence-corrected chi connectivity index (χ1v) is 8.19. The van der Waals surface area contributed by atoms with Crippen molar-refractivity contribution in [1.29, 1.82) is 0 Å². The van der Waals surface area contributed by atoms with Crippen molar-refractivity contribution in [3.05, 3.63) is 39.1 Å². The van der Waals surface area contributed by atoms with Crippen molar-refractivity contribution in [2.24, 2.45) is 5.92 Å². The van der Waals surface area contributed by atoms with Gasteiger partial charge in [0.05, 0.1) is 23.7 Å². The van der Waals surface area contributed by atoms with Gasteiger partial charge in [-0.3, -0.25) is 0 Å². The number of hydrogen-bond acceptors (Lipinski definition) is 6. The molecule has 0 aromatic carbocycles. The topological polar surface area (TPSA) is 88.5 Å². The largest absolute Gasteiger partial charge is 0.478 e. The summed E-state index contributed by atoms with van der Waals surface area (Å²) in [6.45, 7) is 7.60. The van der Waals surface area contributed by atoms with E-state index in [0.717, 1.165) is 0 Å². The summed E-state index contributed by atoms with van der Waals surface area (Å²) in [6, 6.07) is 0. The lowest BCUT2D eigenvalue weighted by Crippen LogP contribution is -2.32. The molecule has 23 heavy (non-hydrogen) atoms. The van der Waals surface area contributed by atoms with Gasteiger partial charge in [0, 0.05) is 23.0 Å². The summed E-state index contributed by atoms with van der Waals surface area (Å²) in [4.78, 5) is 28.5. The Kier molecular flexibility index (Phi) is 5.20. The summed E-state index contributed by atoms with van der Waals surface area (Å²) < 4.78 is 5.33. The number of carboxylic acids is 1. The van der Waals surface area contributed by atoms with E-state index < -0.39 is 17.9 Å². The van der Waals surface area contributed by atoms with Gasteiger partial charge in [0.15, 0.2) is 0 Å². The summed E-state index contributed by atoms with van der Waals surface area (Å²) in [5.41, 5.74) is 1.54. The standard InChI is InChI=1S/C16H20N2O4S/c1-8(2)7-22-16(21)12-10(4)18-9(3)11(15(19)20)13(12)14-17-5-6-23-14/h5-6,8,13,18H,7H2,1-4H3,(H,19,20).